The van der Waals surface area contributed by atoms with Crippen molar-refractivity contribution >= 4 is 33.4 Å². The normalized spacial score (nSPS) is 22.5. The van der Waals surface area contributed by atoms with Crippen molar-refractivity contribution in [2.75, 3.05) is 19.6 Å². The summed E-state index contributed by atoms with van der Waals surface area (Å²) in [4.78, 5) is 26.9. The van der Waals surface area contributed by atoms with Crippen LogP contribution in [0.2, 0.25) is 5.02 Å². The molecule has 13 heteroatoms. The number of amides is 2. The van der Waals surface area contributed by atoms with E-state index in [9.17, 15) is 31.2 Å². The van der Waals surface area contributed by atoms with E-state index in [1.165, 1.54) is 4.90 Å². The van der Waals surface area contributed by atoms with E-state index in [1.807, 2.05) is 4.72 Å². The van der Waals surface area contributed by atoms with E-state index in [2.05, 4.69) is 0 Å². The number of carbonyl (C=O) groups excluding carboxylic acids is 2. The minimum atomic E-state index is -4.75. The topological polar surface area (TPSA) is 113 Å². The van der Waals surface area contributed by atoms with Crippen LogP contribution in [-0.4, -0.2) is 67.8 Å². The number of carbonyl (C=O) groups is 2. The quantitative estimate of drug-likeness (QED) is 0.663. The molecule has 0 saturated carbocycles. The number of rotatable bonds is 5. The highest BCUT2D eigenvalue weighted by atomic mass is 35.5. The van der Waals surface area contributed by atoms with Crippen molar-refractivity contribution in [2.24, 2.45) is 5.73 Å². The molecule has 8 nitrogen and oxygen atoms in total. The molecule has 2 amide bonds. The molecule has 2 heterocycles. The molecule has 0 radical (unpaired) electrons. The van der Waals surface area contributed by atoms with Gasteiger partial charge in [-0.2, -0.15) is 13.2 Å². The molecule has 2 aliphatic heterocycles. The molecule has 2 bridgehead atoms. The van der Waals surface area contributed by atoms with Crippen LogP contribution < -0.4 is 10.5 Å². The Balaban J connectivity index is 1.65. The van der Waals surface area contributed by atoms with Gasteiger partial charge in [0.15, 0.2) is 0 Å². The smallest absolute Gasteiger partial charge is 0.335 e. The minimum absolute atomic E-state index is 0.188. The van der Waals surface area contributed by atoms with Crippen LogP contribution in [0.15, 0.2) is 23.1 Å². The summed E-state index contributed by atoms with van der Waals surface area (Å²) in [6.07, 6.45) is -4.18. The zero-order chi connectivity index (χ0) is 22.4. The molecule has 166 valence electrons. The van der Waals surface area contributed by atoms with Gasteiger partial charge in [0.05, 0.1) is 35.3 Å². The maximum atomic E-state index is 12.9. The molecule has 2 fully saturated rings. The predicted octanol–water partition coefficient (Wildman–Crippen LogP) is 0.796. The van der Waals surface area contributed by atoms with E-state index in [-0.39, 0.29) is 24.5 Å². The first-order valence-electron chi connectivity index (χ1n) is 9.03. The fourth-order valence-electron chi connectivity index (χ4n) is 3.73. The lowest BCUT2D eigenvalue weighted by Crippen LogP contribution is -2.55. The number of alkyl halides is 3. The summed E-state index contributed by atoms with van der Waals surface area (Å²) >= 11 is 5.77. The number of fused-ring (bicyclic) bond motifs is 2. The highest BCUT2D eigenvalue weighted by Gasteiger charge is 2.47. The number of halogens is 4. The van der Waals surface area contributed by atoms with Crippen LogP contribution >= 0.6 is 11.6 Å². The molecule has 30 heavy (non-hydrogen) atoms. The summed E-state index contributed by atoms with van der Waals surface area (Å²) in [6, 6.07) is 0.827. The molecule has 0 aliphatic carbocycles. The van der Waals surface area contributed by atoms with Crippen LogP contribution in [-0.2, 0) is 25.8 Å². The second-order valence-corrected chi connectivity index (χ2v) is 9.48. The number of piperazine rings is 1. The van der Waals surface area contributed by atoms with Crippen molar-refractivity contribution in [3.05, 3.63) is 28.8 Å². The maximum absolute atomic E-state index is 12.9. The van der Waals surface area contributed by atoms with Crippen LogP contribution in [0.25, 0.3) is 0 Å². The van der Waals surface area contributed by atoms with Crippen LogP contribution in [0.4, 0.5) is 13.2 Å². The number of hydrogen-bond donors (Lipinski definition) is 2. The first-order valence-corrected chi connectivity index (χ1v) is 10.9. The molecule has 0 aromatic heterocycles. The van der Waals surface area contributed by atoms with Crippen LogP contribution in [0.3, 0.4) is 0 Å². The third kappa shape index (κ3) is 4.41. The van der Waals surface area contributed by atoms with E-state index >= 15 is 0 Å². The van der Waals surface area contributed by atoms with Gasteiger partial charge in [-0.3, -0.25) is 9.59 Å². The molecule has 2 aliphatic rings. The second-order valence-electron chi connectivity index (χ2n) is 7.34. The van der Waals surface area contributed by atoms with E-state index in [1.54, 1.807) is 11.8 Å². The molecular formula is C17H20ClF3N4O4S. The summed E-state index contributed by atoms with van der Waals surface area (Å²) in [7, 11) is -4.46. The van der Waals surface area contributed by atoms with Crippen LogP contribution in [0.1, 0.15) is 18.9 Å². The van der Waals surface area contributed by atoms with Crippen LogP contribution in [0.5, 0.6) is 0 Å². The molecular weight excluding hydrogens is 449 g/mol. The van der Waals surface area contributed by atoms with Crippen molar-refractivity contribution in [1.82, 2.24) is 14.5 Å². The van der Waals surface area contributed by atoms with Gasteiger partial charge in [-0.25, -0.2) is 13.1 Å². The van der Waals surface area contributed by atoms with Gasteiger partial charge in [0, 0.05) is 13.1 Å². The first-order chi connectivity index (χ1) is 13.8. The fraction of sp³-hybridized carbons (Fsp3) is 0.529. The average molecular weight is 469 g/mol. The fourth-order valence-corrected chi connectivity index (χ4v) is 5.22. The Labute approximate surface area is 176 Å². The molecule has 0 spiro atoms. The van der Waals surface area contributed by atoms with Gasteiger partial charge >= 0.3 is 6.18 Å². The minimum Gasteiger partial charge on any atom is -0.335 e. The van der Waals surface area contributed by atoms with Gasteiger partial charge in [0.2, 0.25) is 21.8 Å². The average Bonchev–Trinajstić information content (AvgIpc) is 3.25. The number of benzene rings is 1. The predicted molar refractivity (Wildman–Crippen MR) is 101 cm³/mol. The lowest BCUT2D eigenvalue weighted by Gasteiger charge is -2.35. The number of sulfonamides is 1. The number of hydrogen-bond acceptors (Lipinski definition) is 5. The zero-order valence-electron chi connectivity index (χ0n) is 15.8. The Hall–Kier alpha value is -1.89. The standard InChI is InChI=1S/C17H20ClF3N4O4S/c1-9(22)16(27)25-8-11-5-12(25)7-24(11)15(26)6-23-30(28,29)14-4-10(17(19,20)21)2-3-13(14)18/h2-4,9,11-12,23H,5-8,22H2,1H3/t9-,11-,12-/m0/s1. The molecule has 2 saturated heterocycles. The van der Waals surface area contributed by atoms with Gasteiger partial charge < -0.3 is 15.5 Å². The van der Waals surface area contributed by atoms with Crippen LogP contribution in [0, 0.1) is 0 Å². The van der Waals surface area contributed by atoms with Crippen molar-refractivity contribution in [1.29, 1.82) is 0 Å². The Kier molecular flexibility index (Phi) is 6.07. The van der Waals surface area contributed by atoms with Gasteiger partial charge in [0.1, 0.15) is 4.90 Å². The monoisotopic (exact) mass is 468 g/mol. The molecule has 0 unspecified atom stereocenters. The Bertz CT molecular complexity index is 970. The second kappa shape index (κ2) is 7.98. The largest absolute Gasteiger partial charge is 0.416 e. The molecule has 3 N–H and O–H groups in total. The number of likely N-dealkylation sites (tertiary alicyclic amines) is 2. The van der Waals surface area contributed by atoms with Crippen molar-refractivity contribution in [2.45, 2.75) is 42.5 Å². The van der Waals surface area contributed by atoms with E-state index in [0.717, 1.165) is 6.07 Å². The summed E-state index contributed by atoms with van der Waals surface area (Å²) in [5, 5.41) is -0.395. The summed E-state index contributed by atoms with van der Waals surface area (Å²) in [5.74, 6) is -0.753. The Morgan fingerprint density at radius 3 is 2.40 bits per heavy atom. The van der Waals surface area contributed by atoms with Gasteiger partial charge in [-0.1, -0.05) is 11.6 Å². The third-order valence-corrected chi connectivity index (χ3v) is 7.08. The highest BCUT2D eigenvalue weighted by Crippen LogP contribution is 2.34. The molecule has 3 rings (SSSR count). The SMILES string of the molecule is C[C@H](N)C(=O)N1C[C@@H]2C[C@H]1CN2C(=O)CNS(=O)(=O)c1cc(C(F)(F)F)ccc1Cl. The summed E-state index contributed by atoms with van der Waals surface area (Å²) in [5.41, 5.74) is 4.44. The lowest BCUT2D eigenvalue weighted by atomic mass is 10.2. The van der Waals surface area contributed by atoms with Crippen molar-refractivity contribution in [3.63, 3.8) is 0 Å². The van der Waals surface area contributed by atoms with Gasteiger partial charge in [0.25, 0.3) is 0 Å². The summed E-state index contributed by atoms with van der Waals surface area (Å²) < 4.78 is 65.5. The maximum Gasteiger partial charge on any atom is 0.416 e. The highest BCUT2D eigenvalue weighted by molar-refractivity contribution is 7.89. The molecule has 3 atom stereocenters. The number of nitrogens with one attached hydrogen (secondary N) is 1. The van der Waals surface area contributed by atoms with E-state index in [0.29, 0.717) is 25.1 Å². The number of nitrogens with two attached hydrogens (primary N) is 1. The van der Waals surface area contributed by atoms with Gasteiger partial charge in [-0.15, -0.1) is 0 Å². The third-order valence-electron chi connectivity index (χ3n) is 5.19. The van der Waals surface area contributed by atoms with Crippen molar-refractivity contribution < 1.29 is 31.2 Å². The summed E-state index contributed by atoms with van der Waals surface area (Å²) in [6.45, 7) is 1.49. The van der Waals surface area contributed by atoms with Gasteiger partial charge in [-0.05, 0) is 31.5 Å². The van der Waals surface area contributed by atoms with E-state index < -0.39 is 50.2 Å². The lowest BCUT2D eigenvalue weighted by molar-refractivity contribution is -0.139. The first kappa shape index (κ1) is 22.8. The molecule has 1 aromatic rings. The zero-order valence-corrected chi connectivity index (χ0v) is 17.4. The Morgan fingerprint density at radius 2 is 1.87 bits per heavy atom. The van der Waals surface area contributed by atoms with E-state index in [4.69, 9.17) is 17.3 Å². The number of nitrogens with zero attached hydrogens (tertiary/aromatic N) is 2. The molecule has 1 aromatic carbocycles. The Morgan fingerprint density at radius 1 is 1.27 bits per heavy atom. The van der Waals surface area contributed by atoms with Crippen molar-refractivity contribution in [3.8, 4) is 0 Å².